The molecule has 1 unspecified atom stereocenters. The van der Waals surface area contributed by atoms with Gasteiger partial charge in [-0.3, -0.25) is 13.9 Å². The van der Waals surface area contributed by atoms with Gasteiger partial charge in [0.15, 0.2) is 0 Å². The fourth-order valence-electron chi connectivity index (χ4n) is 3.85. The molecule has 0 aliphatic heterocycles. The van der Waals surface area contributed by atoms with Crippen LogP contribution in [0.3, 0.4) is 0 Å². The van der Waals surface area contributed by atoms with Gasteiger partial charge in [0.05, 0.1) is 10.6 Å². The molecule has 2 amide bonds. The fraction of sp³-hybridized carbons (Fsp3) is 0.286. The molecule has 196 valence electrons. The van der Waals surface area contributed by atoms with Crippen molar-refractivity contribution in [2.24, 2.45) is 0 Å². The SMILES string of the molecule is CNC(=O)C(C)N(Cc1ccc(Br)cc1)C(=O)CN(c1ccc(C(C)C)cc1)S(=O)(=O)c1ccccc1. The summed E-state index contributed by atoms with van der Waals surface area (Å²) in [5, 5.41) is 2.58. The van der Waals surface area contributed by atoms with Crippen molar-refractivity contribution >= 4 is 43.5 Å². The van der Waals surface area contributed by atoms with E-state index in [0.29, 0.717) is 5.69 Å². The largest absolute Gasteiger partial charge is 0.357 e. The number of sulfonamides is 1. The number of benzene rings is 3. The van der Waals surface area contributed by atoms with E-state index in [1.54, 1.807) is 37.3 Å². The summed E-state index contributed by atoms with van der Waals surface area (Å²) in [4.78, 5) is 27.8. The molecule has 0 aliphatic carbocycles. The van der Waals surface area contributed by atoms with Crippen LogP contribution in [0, 0.1) is 0 Å². The summed E-state index contributed by atoms with van der Waals surface area (Å²) in [5.41, 5.74) is 2.24. The maximum absolute atomic E-state index is 13.7. The summed E-state index contributed by atoms with van der Waals surface area (Å²) in [6.45, 7) is 5.42. The van der Waals surface area contributed by atoms with Crippen molar-refractivity contribution in [2.75, 3.05) is 17.9 Å². The maximum Gasteiger partial charge on any atom is 0.264 e. The van der Waals surface area contributed by atoms with Gasteiger partial charge in [-0.1, -0.05) is 72.2 Å². The van der Waals surface area contributed by atoms with Gasteiger partial charge in [-0.2, -0.15) is 0 Å². The van der Waals surface area contributed by atoms with Crippen molar-refractivity contribution in [1.29, 1.82) is 0 Å². The fourth-order valence-corrected chi connectivity index (χ4v) is 5.55. The highest BCUT2D eigenvalue weighted by Crippen LogP contribution is 2.26. The van der Waals surface area contributed by atoms with Crippen LogP contribution < -0.4 is 9.62 Å². The zero-order valence-electron chi connectivity index (χ0n) is 21.4. The van der Waals surface area contributed by atoms with Gasteiger partial charge in [-0.25, -0.2) is 8.42 Å². The van der Waals surface area contributed by atoms with E-state index in [9.17, 15) is 18.0 Å². The molecule has 0 spiro atoms. The molecule has 0 saturated carbocycles. The number of halogens is 1. The van der Waals surface area contributed by atoms with E-state index in [2.05, 4.69) is 35.1 Å². The Labute approximate surface area is 227 Å². The molecule has 1 atom stereocenters. The number of carbonyl (C=O) groups is 2. The average molecular weight is 587 g/mol. The minimum absolute atomic E-state index is 0.0783. The van der Waals surface area contributed by atoms with E-state index >= 15 is 0 Å². The van der Waals surface area contributed by atoms with E-state index < -0.39 is 28.5 Å². The number of hydrogen-bond acceptors (Lipinski definition) is 4. The molecule has 37 heavy (non-hydrogen) atoms. The van der Waals surface area contributed by atoms with Crippen molar-refractivity contribution in [3.8, 4) is 0 Å². The molecule has 0 saturated heterocycles. The zero-order valence-corrected chi connectivity index (χ0v) is 23.8. The van der Waals surface area contributed by atoms with Crippen LogP contribution in [0.1, 0.15) is 37.8 Å². The molecule has 0 fully saturated rings. The minimum Gasteiger partial charge on any atom is -0.357 e. The number of hydrogen-bond donors (Lipinski definition) is 1. The summed E-state index contributed by atoms with van der Waals surface area (Å²) in [7, 11) is -2.56. The highest BCUT2D eigenvalue weighted by atomic mass is 79.9. The number of carbonyl (C=O) groups excluding carboxylic acids is 2. The second-order valence-electron chi connectivity index (χ2n) is 9.01. The van der Waals surface area contributed by atoms with Crippen LogP contribution in [0.4, 0.5) is 5.69 Å². The lowest BCUT2D eigenvalue weighted by atomic mass is 10.0. The normalized spacial score (nSPS) is 12.2. The predicted octanol–water partition coefficient (Wildman–Crippen LogP) is 4.93. The second-order valence-corrected chi connectivity index (χ2v) is 11.8. The molecule has 3 rings (SSSR count). The summed E-state index contributed by atoms with van der Waals surface area (Å²) in [6.07, 6.45) is 0. The van der Waals surface area contributed by atoms with Crippen LogP contribution >= 0.6 is 15.9 Å². The molecule has 0 aliphatic rings. The van der Waals surface area contributed by atoms with Crippen molar-refractivity contribution in [3.05, 3.63) is 94.5 Å². The first-order valence-electron chi connectivity index (χ1n) is 12.0. The van der Waals surface area contributed by atoms with E-state index in [4.69, 9.17) is 0 Å². The Morgan fingerprint density at radius 2 is 1.49 bits per heavy atom. The third kappa shape index (κ3) is 6.99. The molecule has 0 radical (unpaired) electrons. The predicted molar refractivity (Wildman–Crippen MR) is 150 cm³/mol. The Morgan fingerprint density at radius 1 is 0.892 bits per heavy atom. The lowest BCUT2D eigenvalue weighted by Gasteiger charge is -2.32. The smallest absolute Gasteiger partial charge is 0.264 e. The van der Waals surface area contributed by atoms with Crippen LogP contribution in [0.5, 0.6) is 0 Å². The van der Waals surface area contributed by atoms with Gasteiger partial charge >= 0.3 is 0 Å². The van der Waals surface area contributed by atoms with Gasteiger partial charge in [0.2, 0.25) is 11.8 Å². The van der Waals surface area contributed by atoms with Crippen molar-refractivity contribution in [2.45, 2.75) is 44.2 Å². The molecule has 3 aromatic rings. The third-order valence-electron chi connectivity index (χ3n) is 6.14. The first-order valence-corrected chi connectivity index (χ1v) is 14.2. The number of nitrogens with zero attached hydrogens (tertiary/aromatic N) is 2. The minimum atomic E-state index is -4.07. The van der Waals surface area contributed by atoms with Crippen LogP contribution in [-0.2, 0) is 26.2 Å². The molecule has 0 bridgehead atoms. The molecule has 0 aromatic heterocycles. The Morgan fingerprint density at radius 3 is 2.03 bits per heavy atom. The maximum atomic E-state index is 13.7. The van der Waals surface area contributed by atoms with Gasteiger partial charge < -0.3 is 10.2 Å². The molecule has 9 heteroatoms. The first kappa shape index (κ1) is 28.4. The molecule has 3 aromatic carbocycles. The van der Waals surface area contributed by atoms with Gasteiger partial charge in [-0.05, 0) is 60.4 Å². The molecule has 7 nitrogen and oxygen atoms in total. The quantitative estimate of drug-likeness (QED) is 0.365. The van der Waals surface area contributed by atoms with Gasteiger partial charge in [0, 0.05) is 18.1 Å². The number of likely N-dealkylation sites (N-methyl/N-ethyl adjacent to an activating group) is 1. The van der Waals surface area contributed by atoms with E-state index in [1.165, 1.54) is 24.1 Å². The highest BCUT2D eigenvalue weighted by Gasteiger charge is 2.32. The third-order valence-corrected chi connectivity index (χ3v) is 8.45. The van der Waals surface area contributed by atoms with Gasteiger partial charge in [0.1, 0.15) is 12.6 Å². The summed E-state index contributed by atoms with van der Waals surface area (Å²) in [6, 6.07) is 21.8. The van der Waals surface area contributed by atoms with Gasteiger partial charge in [0.25, 0.3) is 10.0 Å². The van der Waals surface area contributed by atoms with E-state index in [0.717, 1.165) is 19.9 Å². The van der Waals surface area contributed by atoms with Crippen molar-refractivity contribution in [1.82, 2.24) is 10.2 Å². The highest BCUT2D eigenvalue weighted by molar-refractivity contribution is 9.10. The van der Waals surface area contributed by atoms with Crippen LogP contribution in [0.15, 0.2) is 88.2 Å². The molecule has 0 heterocycles. The van der Waals surface area contributed by atoms with Crippen LogP contribution in [0.25, 0.3) is 0 Å². The first-order chi connectivity index (χ1) is 17.5. The van der Waals surface area contributed by atoms with Crippen molar-refractivity contribution < 1.29 is 18.0 Å². The number of nitrogens with one attached hydrogen (secondary N) is 1. The van der Waals surface area contributed by atoms with E-state index in [-0.39, 0.29) is 23.3 Å². The molecular formula is C28H32BrN3O4S. The lowest BCUT2D eigenvalue weighted by Crippen LogP contribution is -2.50. The zero-order chi connectivity index (χ0) is 27.2. The summed E-state index contributed by atoms with van der Waals surface area (Å²) < 4.78 is 29.5. The second kappa shape index (κ2) is 12.4. The van der Waals surface area contributed by atoms with E-state index in [1.807, 2.05) is 36.4 Å². The van der Waals surface area contributed by atoms with Crippen LogP contribution in [-0.4, -0.2) is 44.8 Å². The number of rotatable bonds is 10. The van der Waals surface area contributed by atoms with Crippen LogP contribution in [0.2, 0.25) is 0 Å². The Hall–Kier alpha value is -3.17. The summed E-state index contributed by atoms with van der Waals surface area (Å²) >= 11 is 3.40. The topological polar surface area (TPSA) is 86.8 Å². The standard InChI is InChI=1S/C28H32BrN3O4S/c1-20(2)23-12-16-25(17-13-23)32(37(35,36)26-8-6-5-7-9-26)19-27(33)31(21(3)28(34)30-4)18-22-10-14-24(29)15-11-22/h5-17,20-21H,18-19H2,1-4H3,(H,30,34). The summed E-state index contributed by atoms with van der Waals surface area (Å²) in [5.74, 6) is -0.569. The Balaban J connectivity index is 2.02. The number of amides is 2. The Kier molecular flexibility index (Phi) is 9.50. The average Bonchev–Trinajstić information content (AvgIpc) is 2.90. The molecule has 1 N–H and O–H groups in total. The molecular weight excluding hydrogens is 554 g/mol. The van der Waals surface area contributed by atoms with Gasteiger partial charge in [-0.15, -0.1) is 0 Å². The van der Waals surface area contributed by atoms with Crippen molar-refractivity contribution in [3.63, 3.8) is 0 Å². The Bertz CT molecular complexity index is 1310. The number of anilines is 1. The lowest BCUT2D eigenvalue weighted by molar-refractivity contribution is -0.139. The monoisotopic (exact) mass is 585 g/mol.